The fourth-order valence-electron chi connectivity index (χ4n) is 2.14. The average molecular weight is 260 g/mol. The first-order chi connectivity index (χ1) is 8.65. The summed E-state index contributed by atoms with van der Waals surface area (Å²) in [6.45, 7) is 4.21. The van der Waals surface area contributed by atoms with E-state index in [-0.39, 0.29) is 6.10 Å². The van der Waals surface area contributed by atoms with Crippen LogP contribution in [0.15, 0.2) is 35.0 Å². The fourth-order valence-corrected chi connectivity index (χ4v) is 2.85. The summed E-state index contributed by atoms with van der Waals surface area (Å²) in [5.41, 5.74) is 5.14. The molecule has 2 heteroatoms. The third kappa shape index (κ3) is 3.69. The van der Waals surface area contributed by atoms with Gasteiger partial charge in [0.05, 0.1) is 6.10 Å². The van der Waals surface area contributed by atoms with E-state index in [1.165, 1.54) is 22.3 Å². The van der Waals surface area contributed by atoms with Gasteiger partial charge in [-0.1, -0.05) is 23.8 Å². The molecule has 0 saturated carbocycles. The van der Waals surface area contributed by atoms with Crippen molar-refractivity contribution in [3.8, 4) is 0 Å². The second-order valence-corrected chi connectivity index (χ2v) is 5.74. The molecule has 1 aromatic heterocycles. The summed E-state index contributed by atoms with van der Waals surface area (Å²) in [4.78, 5) is 0. The highest BCUT2D eigenvalue weighted by atomic mass is 32.1. The molecule has 1 unspecified atom stereocenters. The van der Waals surface area contributed by atoms with E-state index in [9.17, 15) is 5.11 Å². The van der Waals surface area contributed by atoms with Crippen LogP contribution in [0.25, 0.3) is 0 Å². The molecule has 2 rings (SSSR count). The third-order valence-corrected chi connectivity index (χ3v) is 4.04. The summed E-state index contributed by atoms with van der Waals surface area (Å²) in [7, 11) is 0. The summed E-state index contributed by atoms with van der Waals surface area (Å²) in [6.07, 6.45) is 2.32. The highest BCUT2D eigenvalue weighted by Crippen LogP contribution is 2.16. The van der Waals surface area contributed by atoms with Gasteiger partial charge in [-0.2, -0.15) is 11.3 Å². The monoisotopic (exact) mass is 260 g/mol. The lowest BCUT2D eigenvalue weighted by atomic mass is 9.97. The van der Waals surface area contributed by atoms with Gasteiger partial charge in [0.2, 0.25) is 0 Å². The molecule has 0 bridgehead atoms. The number of aliphatic hydroxyl groups excluding tert-OH is 1. The molecule has 0 spiro atoms. The summed E-state index contributed by atoms with van der Waals surface area (Å²) >= 11 is 1.72. The lowest BCUT2D eigenvalue weighted by molar-refractivity contribution is 0.165. The molecule has 2 aromatic rings. The highest BCUT2D eigenvalue weighted by molar-refractivity contribution is 7.07. The number of rotatable bonds is 5. The van der Waals surface area contributed by atoms with E-state index in [0.717, 1.165) is 19.3 Å². The number of aryl methyl sites for hydroxylation is 3. The molecule has 96 valence electrons. The zero-order valence-corrected chi connectivity index (χ0v) is 11.8. The van der Waals surface area contributed by atoms with Crippen LogP contribution in [0, 0.1) is 13.8 Å². The van der Waals surface area contributed by atoms with Crippen molar-refractivity contribution in [3.05, 3.63) is 57.3 Å². The van der Waals surface area contributed by atoms with Crippen LogP contribution in [0.2, 0.25) is 0 Å². The van der Waals surface area contributed by atoms with E-state index in [4.69, 9.17) is 0 Å². The molecule has 0 saturated heterocycles. The Hall–Kier alpha value is -1.12. The summed E-state index contributed by atoms with van der Waals surface area (Å²) in [6, 6.07) is 8.57. The Labute approximate surface area is 113 Å². The van der Waals surface area contributed by atoms with Crippen LogP contribution in [0.4, 0.5) is 0 Å². The van der Waals surface area contributed by atoms with Crippen molar-refractivity contribution in [3.63, 3.8) is 0 Å². The Morgan fingerprint density at radius 1 is 1.22 bits per heavy atom. The van der Waals surface area contributed by atoms with Gasteiger partial charge in [-0.3, -0.25) is 0 Å². The minimum absolute atomic E-state index is 0.245. The van der Waals surface area contributed by atoms with Gasteiger partial charge in [-0.15, -0.1) is 0 Å². The molecule has 1 N–H and O–H groups in total. The molecule has 1 heterocycles. The maximum atomic E-state index is 10.1. The van der Waals surface area contributed by atoms with Crippen molar-refractivity contribution >= 4 is 11.3 Å². The topological polar surface area (TPSA) is 20.2 Å². The summed E-state index contributed by atoms with van der Waals surface area (Å²) < 4.78 is 0. The minimum atomic E-state index is -0.245. The van der Waals surface area contributed by atoms with E-state index in [1.54, 1.807) is 11.3 Å². The molecule has 0 fully saturated rings. The lowest BCUT2D eigenvalue weighted by Crippen LogP contribution is -2.12. The Morgan fingerprint density at radius 2 is 2.06 bits per heavy atom. The lowest BCUT2D eigenvalue weighted by Gasteiger charge is -2.13. The van der Waals surface area contributed by atoms with Crippen LogP contribution in [-0.2, 0) is 12.8 Å². The van der Waals surface area contributed by atoms with Crippen molar-refractivity contribution in [2.75, 3.05) is 0 Å². The molecular weight excluding hydrogens is 240 g/mol. The quantitative estimate of drug-likeness (QED) is 0.864. The standard InChI is InChI=1S/C16H20OS/c1-12-3-4-13(2)15(9-12)10-16(17)6-5-14-7-8-18-11-14/h3-4,7-9,11,16-17H,5-6,10H2,1-2H3. The van der Waals surface area contributed by atoms with Gasteiger partial charge in [-0.05, 0) is 66.6 Å². The van der Waals surface area contributed by atoms with Crippen molar-refractivity contribution < 1.29 is 5.11 Å². The van der Waals surface area contributed by atoms with Crippen molar-refractivity contribution in [2.45, 2.75) is 39.2 Å². The minimum Gasteiger partial charge on any atom is -0.393 e. The number of hydrogen-bond acceptors (Lipinski definition) is 2. The summed E-state index contributed by atoms with van der Waals surface area (Å²) in [5, 5.41) is 14.4. The maximum Gasteiger partial charge on any atom is 0.0583 e. The largest absolute Gasteiger partial charge is 0.393 e. The van der Waals surface area contributed by atoms with Gasteiger partial charge in [0.1, 0.15) is 0 Å². The predicted molar refractivity (Wildman–Crippen MR) is 78.3 cm³/mol. The maximum absolute atomic E-state index is 10.1. The Morgan fingerprint density at radius 3 is 2.78 bits per heavy atom. The summed E-state index contributed by atoms with van der Waals surface area (Å²) in [5.74, 6) is 0. The van der Waals surface area contributed by atoms with Crippen LogP contribution < -0.4 is 0 Å². The first-order valence-electron chi connectivity index (χ1n) is 6.40. The first-order valence-corrected chi connectivity index (χ1v) is 7.34. The number of aliphatic hydroxyl groups is 1. The van der Waals surface area contributed by atoms with Gasteiger partial charge >= 0.3 is 0 Å². The Balaban J connectivity index is 1.90. The molecular formula is C16H20OS. The van der Waals surface area contributed by atoms with Crippen LogP contribution >= 0.6 is 11.3 Å². The van der Waals surface area contributed by atoms with Crippen LogP contribution in [-0.4, -0.2) is 11.2 Å². The van der Waals surface area contributed by atoms with Gasteiger partial charge < -0.3 is 5.11 Å². The molecule has 0 radical (unpaired) electrons. The van der Waals surface area contributed by atoms with Crippen LogP contribution in [0.1, 0.15) is 28.7 Å². The van der Waals surface area contributed by atoms with Crippen LogP contribution in [0.3, 0.4) is 0 Å². The Kier molecular flexibility index (Phi) is 4.56. The van der Waals surface area contributed by atoms with Crippen molar-refractivity contribution in [1.82, 2.24) is 0 Å². The SMILES string of the molecule is Cc1ccc(C)c(CC(O)CCc2ccsc2)c1. The smallest absolute Gasteiger partial charge is 0.0583 e. The van der Waals surface area contributed by atoms with Gasteiger partial charge in [0, 0.05) is 0 Å². The normalized spacial score (nSPS) is 12.6. The Bertz CT molecular complexity index is 488. The van der Waals surface area contributed by atoms with E-state index in [1.807, 2.05) is 0 Å². The average Bonchev–Trinajstić information content (AvgIpc) is 2.84. The van der Waals surface area contributed by atoms with E-state index < -0.39 is 0 Å². The second kappa shape index (κ2) is 6.17. The number of thiophene rings is 1. The van der Waals surface area contributed by atoms with Crippen molar-refractivity contribution in [1.29, 1.82) is 0 Å². The van der Waals surface area contributed by atoms with Gasteiger partial charge in [-0.25, -0.2) is 0 Å². The van der Waals surface area contributed by atoms with Gasteiger partial charge in [0.25, 0.3) is 0 Å². The molecule has 1 aromatic carbocycles. The molecule has 0 aliphatic carbocycles. The van der Waals surface area contributed by atoms with E-state index >= 15 is 0 Å². The molecule has 18 heavy (non-hydrogen) atoms. The van der Waals surface area contributed by atoms with Gasteiger partial charge in [0.15, 0.2) is 0 Å². The zero-order valence-electron chi connectivity index (χ0n) is 11.0. The van der Waals surface area contributed by atoms with Crippen LogP contribution in [0.5, 0.6) is 0 Å². The second-order valence-electron chi connectivity index (χ2n) is 4.96. The molecule has 0 amide bonds. The van der Waals surface area contributed by atoms with E-state index in [0.29, 0.717) is 0 Å². The fraction of sp³-hybridized carbons (Fsp3) is 0.375. The van der Waals surface area contributed by atoms with Crippen molar-refractivity contribution in [2.24, 2.45) is 0 Å². The number of hydrogen-bond donors (Lipinski definition) is 1. The molecule has 1 atom stereocenters. The molecule has 1 nitrogen and oxygen atoms in total. The highest BCUT2D eigenvalue weighted by Gasteiger charge is 2.08. The first kappa shape index (κ1) is 13.3. The van der Waals surface area contributed by atoms with E-state index in [2.05, 4.69) is 48.9 Å². The zero-order chi connectivity index (χ0) is 13.0. The number of benzene rings is 1. The molecule has 0 aliphatic heterocycles. The third-order valence-electron chi connectivity index (χ3n) is 3.31. The molecule has 0 aliphatic rings. The predicted octanol–water partition coefficient (Wildman–Crippen LogP) is 3.90.